The summed E-state index contributed by atoms with van der Waals surface area (Å²) in [5.74, 6) is 1.16. The highest BCUT2D eigenvalue weighted by Crippen LogP contribution is 2.26. The number of hydrogen-bond donors (Lipinski definition) is 0. The Bertz CT molecular complexity index is 1220. The van der Waals surface area contributed by atoms with E-state index in [1.54, 1.807) is 6.20 Å². The second kappa shape index (κ2) is 8.30. The molecular formula is C25H25N5O. The van der Waals surface area contributed by atoms with Gasteiger partial charge in [-0.1, -0.05) is 30.3 Å². The van der Waals surface area contributed by atoms with Crippen molar-refractivity contribution in [3.8, 4) is 11.1 Å². The molecule has 0 bridgehead atoms. The number of hydrogen-bond acceptors (Lipinski definition) is 4. The summed E-state index contributed by atoms with van der Waals surface area (Å²) in [5, 5.41) is 4.76. The SMILES string of the molecule is Cc1ccccc1CC(=O)N1CCCC(c2nc3ccc(-c4cccnc4)cn3n2)C1. The Balaban J connectivity index is 1.34. The number of benzene rings is 1. The molecule has 0 radical (unpaired) electrons. The van der Waals surface area contributed by atoms with Crippen LogP contribution in [-0.2, 0) is 11.2 Å². The lowest BCUT2D eigenvalue weighted by Gasteiger charge is -2.31. The molecule has 0 aliphatic carbocycles. The molecule has 0 spiro atoms. The average molecular weight is 412 g/mol. The van der Waals surface area contributed by atoms with Gasteiger partial charge in [0, 0.05) is 48.7 Å². The Hall–Kier alpha value is -3.54. The van der Waals surface area contributed by atoms with Crippen LogP contribution < -0.4 is 0 Å². The van der Waals surface area contributed by atoms with E-state index in [9.17, 15) is 4.79 Å². The van der Waals surface area contributed by atoms with Gasteiger partial charge in [0.2, 0.25) is 5.91 Å². The van der Waals surface area contributed by atoms with Gasteiger partial charge in [0.1, 0.15) is 0 Å². The predicted molar refractivity (Wildman–Crippen MR) is 120 cm³/mol. The van der Waals surface area contributed by atoms with Crippen LogP contribution in [0, 0.1) is 6.92 Å². The van der Waals surface area contributed by atoms with Gasteiger partial charge in [0.05, 0.1) is 6.42 Å². The third-order valence-electron chi connectivity index (χ3n) is 6.08. The molecule has 0 N–H and O–H groups in total. The first-order valence-electron chi connectivity index (χ1n) is 10.8. The van der Waals surface area contributed by atoms with Crippen LogP contribution >= 0.6 is 0 Å². The summed E-state index contributed by atoms with van der Waals surface area (Å²) in [5.41, 5.74) is 5.19. The topological polar surface area (TPSA) is 63.4 Å². The van der Waals surface area contributed by atoms with Gasteiger partial charge in [-0.25, -0.2) is 9.50 Å². The third-order valence-corrected chi connectivity index (χ3v) is 6.08. The smallest absolute Gasteiger partial charge is 0.227 e. The monoisotopic (exact) mass is 411 g/mol. The van der Waals surface area contributed by atoms with E-state index in [1.807, 2.05) is 64.3 Å². The normalized spacial score (nSPS) is 16.5. The van der Waals surface area contributed by atoms with E-state index in [0.717, 1.165) is 53.1 Å². The van der Waals surface area contributed by atoms with Crippen LogP contribution in [0.15, 0.2) is 67.1 Å². The highest BCUT2D eigenvalue weighted by atomic mass is 16.2. The minimum Gasteiger partial charge on any atom is -0.342 e. The van der Waals surface area contributed by atoms with E-state index in [4.69, 9.17) is 10.1 Å². The molecular weight excluding hydrogens is 386 g/mol. The second-order valence-electron chi connectivity index (χ2n) is 8.21. The van der Waals surface area contributed by atoms with Crippen molar-refractivity contribution in [2.45, 2.75) is 32.1 Å². The molecule has 1 saturated heterocycles. The molecule has 1 unspecified atom stereocenters. The first-order chi connectivity index (χ1) is 15.2. The molecule has 156 valence electrons. The number of aromatic nitrogens is 4. The predicted octanol–water partition coefficient (Wildman–Crippen LogP) is 4.05. The van der Waals surface area contributed by atoms with Crippen molar-refractivity contribution in [2.24, 2.45) is 0 Å². The first kappa shape index (κ1) is 19.4. The number of fused-ring (bicyclic) bond motifs is 1. The van der Waals surface area contributed by atoms with Gasteiger partial charge in [0.15, 0.2) is 11.5 Å². The summed E-state index contributed by atoms with van der Waals surface area (Å²) >= 11 is 0. The number of pyridine rings is 2. The third kappa shape index (κ3) is 4.06. The maximum atomic E-state index is 12.9. The molecule has 1 amide bonds. The molecule has 0 saturated carbocycles. The number of likely N-dealkylation sites (tertiary alicyclic amines) is 1. The fourth-order valence-electron chi connectivity index (χ4n) is 4.28. The molecule has 31 heavy (non-hydrogen) atoms. The largest absolute Gasteiger partial charge is 0.342 e. The highest BCUT2D eigenvalue weighted by molar-refractivity contribution is 5.79. The first-order valence-corrected chi connectivity index (χ1v) is 10.8. The minimum absolute atomic E-state index is 0.163. The quantitative estimate of drug-likeness (QED) is 0.508. The van der Waals surface area contributed by atoms with Crippen molar-refractivity contribution < 1.29 is 4.79 Å². The van der Waals surface area contributed by atoms with Crippen molar-refractivity contribution in [1.29, 1.82) is 0 Å². The molecule has 1 aliphatic rings. The summed E-state index contributed by atoms with van der Waals surface area (Å²) in [6, 6.07) is 16.1. The van der Waals surface area contributed by atoms with Crippen molar-refractivity contribution in [3.63, 3.8) is 0 Å². The van der Waals surface area contributed by atoms with Gasteiger partial charge in [-0.05, 0) is 49.1 Å². The van der Waals surface area contributed by atoms with Crippen LogP contribution in [0.1, 0.15) is 35.7 Å². The summed E-state index contributed by atoms with van der Waals surface area (Å²) in [7, 11) is 0. The van der Waals surface area contributed by atoms with Crippen LogP contribution in [0.3, 0.4) is 0 Å². The Morgan fingerprint density at radius 3 is 2.84 bits per heavy atom. The van der Waals surface area contributed by atoms with Crippen LogP contribution in [0.25, 0.3) is 16.8 Å². The molecule has 1 atom stereocenters. The molecule has 1 aromatic carbocycles. The molecule has 4 aromatic rings. The van der Waals surface area contributed by atoms with E-state index in [0.29, 0.717) is 13.0 Å². The Morgan fingerprint density at radius 1 is 1.10 bits per heavy atom. The molecule has 5 rings (SSSR count). The zero-order valence-electron chi connectivity index (χ0n) is 17.6. The highest BCUT2D eigenvalue weighted by Gasteiger charge is 2.27. The number of amides is 1. The van der Waals surface area contributed by atoms with Crippen molar-refractivity contribution in [1.82, 2.24) is 24.5 Å². The number of rotatable bonds is 4. The van der Waals surface area contributed by atoms with Crippen LogP contribution in [0.5, 0.6) is 0 Å². The van der Waals surface area contributed by atoms with Crippen molar-refractivity contribution >= 4 is 11.6 Å². The lowest BCUT2D eigenvalue weighted by atomic mass is 9.96. The van der Waals surface area contributed by atoms with E-state index in [2.05, 4.69) is 18.0 Å². The summed E-state index contributed by atoms with van der Waals surface area (Å²) in [6.45, 7) is 3.54. The van der Waals surface area contributed by atoms with Gasteiger partial charge in [-0.2, -0.15) is 5.10 Å². The minimum atomic E-state index is 0.163. The Kier molecular flexibility index (Phi) is 5.20. The van der Waals surface area contributed by atoms with Crippen molar-refractivity contribution in [2.75, 3.05) is 13.1 Å². The molecule has 6 heteroatoms. The fraction of sp³-hybridized carbons (Fsp3) is 0.280. The molecule has 1 fully saturated rings. The Labute approximate surface area is 181 Å². The maximum Gasteiger partial charge on any atom is 0.227 e. The molecule has 4 heterocycles. The maximum absolute atomic E-state index is 12.9. The summed E-state index contributed by atoms with van der Waals surface area (Å²) in [4.78, 5) is 23.9. The van der Waals surface area contributed by atoms with Crippen LogP contribution in [0.2, 0.25) is 0 Å². The molecule has 6 nitrogen and oxygen atoms in total. The lowest BCUT2D eigenvalue weighted by molar-refractivity contribution is -0.131. The van der Waals surface area contributed by atoms with Gasteiger partial charge in [-0.15, -0.1) is 0 Å². The number of carbonyl (C=O) groups is 1. The zero-order valence-corrected chi connectivity index (χ0v) is 17.6. The lowest BCUT2D eigenvalue weighted by Crippen LogP contribution is -2.40. The molecule has 3 aromatic heterocycles. The van der Waals surface area contributed by atoms with Crippen LogP contribution in [0.4, 0.5) is 0 Å². The van der Waals surface area contributed by atoms with E-state index in [-0.39, 0.29) is 11.8 Å². The average Bonchev–Trinajstić information content (AvgIpc) is 3.25. The van der Waals surface area contributed by atoms with Gasteiger partial charge in [-0.3, -0.25) is 9.78 Å². The standard InChI is InChI=1S/C25H25N5O/c1-18-6-2-3-7-19(18)14-24(31)29-13-5-9-22(16-29)25-27-23-11-10-21(17-30(23)28-25)20-8-4-12-26-15-20/h2-4,6-8,10-12,15,17,22H,5,9,13-14,16H2,1H3. The van der Waals surface area contributed by atoms with E-state index >= 15 is 0 Å². The van der Waals surface area contributed by atoms with E-state index < -0.39 is 0 Å². The molecule has 1 aliphatic heterocycles. The van der Waals surface area contributed by atoms with Crippen molar-refractivity contribution in [3.05, 3.63) is 84.1 Å². The zero-order chi connectivity index (χ0) is 21.2. The second-order valence-corrected chi connectivity index (χ2v) is 8.21. The fourth-order valence-corrected chi connectivity index (χ4v) is 4.28. The van der Waals surface area contributed by atoms with Crippen LogP contribution in [-0.4, -0.2) is 43.5 Å². The van der Waals surface area contributed by atoms with E-state index in [1.165, 1.54) is 0 Å². The number of aryl methyl sites for hydroxylation is 1. The van der Waals surface area contributed by atoms with Gasteiger partial charge >= 0.3 is 0 Å². The number of piperidine rings is 1. The van der Waals surface area contributed by atoms with Gasteiger partial charge in [0.25, 0.3) is 0 Å². The number of nitrogens with zero attached hydrogens (tertiary/aromatic N) is 5. The Morgan fingerprint density at radius 2 is 2.00 bits per heavy atom. The summed E-state index contributed by atoms with van der Waals surface area (Å²) in [6.07, 6.45) is 8.03. The van der Waals surface area contributed by atoms with Gasteiger partial charge < -0.3 is 4.90 Å². The number of carbonyl (C=O) groups excluding carboxylic acids is 1. The summed E-state index contributed by atoms with van der Waals surface area (Å²) < 4.78 is 1.84.